The smallest absolute Gasteiger partial charge is 0.435 e. The minimum Gasteiger partial charge on any atom is -0.658 e. The zero-order valence-electron chi connectivity index (χ0n) is 22.1. The van der Waals surface area contributed by atoms with Crippen molar-refractivity contribution in [2.24, 2.45) is 7.05 Å². The van der Waals surface area contributed by atoms with Crippen LogP contribution in [0.25, 0.3) is 21.4 Å². The van der Waals surface area contributed by atoms with Gasteiger partial charge in [0.05, 0.1) is 17.2 Å². The topological polar surface area (TPSA) is 78.4 Å². The standard InChI is InChI=1S/C23H24F4N5O.C3H5FN.Y/c1-12-9-15(14(3)30-17-6-5-13(2)29-20(17)23(25,26)27)18-16(10-12)22(33)31(4)21(19(18)24)32-8-7-28-11-32;4-3-1-5-2-3;/h5-6,9-10,14,30H,7-8,11H2,1-4H3;3H,1-2H2;/q2*-1;/t14-;;/m1../s1. The Morgan fingerprint density at radius 2 is 1.82 bits per heavy atom. The van der Waals surface area contributed by atoms with Gasteiger partial charge in [0.25, 0.3) is 5.56 Å². The van der Waals surface area contributed by atoms with E-state index in [2.05, 4.69) is 20.9 Å². The van der Waals surface area contributed by atoms with Gasteiger partial charge in [-0.25, -0.2) is 9.37 Å². The summed E-state index contributed by atoms with van der Waals surface area (Å²) in [4.78, 5) is 18.5. The van der Waals surface area contributed by atoms with Crippen molar-refractivity contribution in [1.29, 1.82) is 0 Å². The molecule has 5 rings (SSSR count). The monoisotopic (exact) mass is 625 g/mol. The Kier molecular flexibility index (Phi) is 10.1. The number of fused-ring (bicyclic) bond motifs is 1. The minimum absolute atomic E-state index is 0. The SMILES string of the molecule is Cc1cc([C@@H](C)Nc2ccc(C)nc2C(F)(F)F)c2c(F)c(N3CC[N-]C3)n(C)c(=O)c2c1.FC1C[N-]C1.[Y]. The van der Waals surface area contributed by atoms with Gasteiger partial charge in [-0.2, -0.15) is 13.2 Å². The van der Waals surface area contributed by atoms with E-state index < -0.39 is 29.9 Å². The normalized spacial score (nSPS) is 16.3. The predicted molar refractivity (Wildman–Crippen MR) is 138 cm³/mol. The van der Waals surface area contributed by atoms with E-state index in [1.807, 2.05) is 0 Å². The van der Waals surface area contributed by atoms with Gasteiger partial charge in [-0.1, -0.05) is 12.7 Å². The summed E-state index contributed by atoms with van der Waals surface area (Å²) in [6, 6.07) is 5.34. The van der Waals surface area contributed by atoms with Crippen molar-refractivity contribution in [3.63, 3.8) is 0 Å². The van der Waals surface area contributed by atoms with Crippen LogP contribution in [0.5, 0.6) is 0 Å². The molecule has 0 unspecified atom stereocenters. The maximum Gasteiger partial charge on any atom is 0.435 e. The van der Waals surface area contributed by atoms with Crippen LogP contribution in [-0.4, -0.2) is 48.6 Å². The molecule has 1 aromatic carbocycles. The molecule has 209 valence electrons. The number of benzene rings is 1. The number of pyridine rings is 2. The van der Waals surface area contributed by atoms with Gasteiger partial charge in [0.15, 0.2) is 11.5 Å². The van der Waals surface area contributed by atoms with Crippen molar-refractivity contribution in [3.8, 4) is 0 Å². The van der Waals surface area contributed by atoms with E-state index in [0.29, 0.717) is 37.3 Å². The maximum atomic E-state index is 15.9. The number of anilines is 2. The quantitative estimate of drug-likeness (QED) is 0.376. The number of hydrogen-bond acceptors (Lipinski definition) is 4. The van der Waals surface area contributed by atoms with Crippen LogP contribution in [0.4, 0.5) is 33.5 Å². The Bertz CT molecular complexity index is 1390. The molecule has 7 nitrogen and oxygen atoms in total. The molecule has 2 fully saturated rings. The molecule has 0 bridgehead atoms. The largest absolute Gasteiger partial charge is 0.658 e. The molecular weight excluding hydrogens is 596 g/mol. The van der Waals surface area contributed by atoms with Crippen molar-refractivity contribution in [3.05, 3.63) is 73.6 Å². The van der Waals surface area contributed by atoms with Crippen molar-refractivity contribution in [2.45, 2.75) is 39.2 Å². The first-order valence-corrected chi connectivity index (χ1v) is 12.2. The summed E-state index contributed by atoms with van der Waals surface area (Å²) in [7, 11) is 1.51. The van der Waals surface area contributed by atoms with Crippen molar-refractivity contribution < 1.29 is 54.7 Å². The number of hydrogen-bond donors (Lipinski definition) is 1. The molecule has 0 aliphatic carbocycles. The average molecular weight is 625 g/mol. The van der Waals surface area contributed by atoms with E-state index in [0.717, 1.165) is 0 Å². The summed E-state index contributed by atoms with van der Waals surface area (Å²) < 4.78 is 69.3. The summed E-state index contributed by atoms with van der Waals surface area (Å²) in [6.45, 7) is 7.05. The minimum atomic E-state index is -4.66. The van der Waals surface area contributed by atoms with Gasteiger partial charge in [0.1, 0.15) is 5.82 Å². The molecule has 1 N–H and O–H groups in total. The maximum absolute atomic E-state index is 15.9. The molecule has 0 spiro atoms. The van der Waals surface area contributed by atoms with Gasteiger partial charge >= 0.3 is 6.18 Å². The molecule has 2 aliphatic heterocycles. The molecule has 2 aromatic heterocycles. The summed E-state index contributed by atoms with van der Waals surface area (Å²) in [5.41, 5.74) is -0.300. The molecule has 3 aromatic rings. The van der Waals surface area contributed by atoms with Crippen LogP contribution in [0.2, 0.25) is 0 Å². The number of nitrogens with zero attached hydrogens (tertiary/aromatic N) is 5. The first kappa shape index (κ1) is 31.4. The zero-order chi connectivity index (χ0) is 27.8. The number of aromatic nitrogens is 2. The third kappa shape index (κ3) is 6.78. The second-order valence-electron chi connectivity index (χ2n) is 9.53. The summed E-state index contributed by atoms with van der Waals surface area (Å²) in [6.07, 6.45) is -5.26. The number of aryl methyl sites for hydroxylation is 2. The second kappa shape index (κ2) is 12.6. The molecule has 2 aliphatic rings. The molecule has 0 saturated carbocycles. The molecule has 2 saturated heterocycles. The van der Waals surface area contributed by atoms with Gasteiger partial charge in [-0.05, 0) is 56.6 Å². The Morgan fingerprint density at radius 3 is 2.36 bits per heavy atom. The van der Waals surface area contributed by atoms with E-state index in [9.17, 15) is 22.4 Å². The summed E-state index contributed by atoms with van der Waals surface area (Å²) in [5.74, 6) is -0.468. The Hall–Kier alpha value is -2.15. The Morgan fingerprint density at radius 1 is 1.15 bits per heavy atom. The molecule has 13 heteroatoms. The van der Waals surface area contributed by atoms with Crippen molar-refractivity contribution >= 4 is 22.3 Å². The summed E-state index contributed by atoms with van der Waals surface area (Å²) in [5, 5.41) is 11.0. The second-order valence-corrected chi connectivity index (χ2v) is 9.53. The van der Waals surface area contributed by atoms with E-state index >= 15 is 4.39 Å². The molecular formula is C26H29F5N6OY-2. The van der Waals surface area contributed by atoms with Gasteiger partial charge in [-0.3, -0.25) is 13.8 Å². The third-order valence-electron chi connectivity index (χ3n) is 6.48. The molecule has 0 amide bonds. The van der Waals surface area contributed by atoms with Crippen molar-refractivity contribution in [1.82, 2.24) is 9.55 Å². The van der Waals surface area contributed by atoms with Gasteiger partial charge < -0.3 is 20.9 Å². The van der Waals surface area contributed by atoms with E-state index in [4.69, 9.17) is 0 Å². The number of nitrogens with one attached hydrogen (secondary N) is 1. The van der Waals surface area contributed by atoms with Gasteiger partial charge in [0.2, 0.25) is 0 Å². The van der Waals surface area contributed by atoms with Crippen LogP contribution in [0, 0.1) is 19.7 Å². The number of rotatable bonds is 4. The first-order valence-electron chi connectivity index (χ1n) is 12.2. The zero-order valence-corrected chi connectivity index (χ0v) is 24.9. The van der Waals surface area contributed by atoms with Crippen LogP contribution < -0.4 is 15.8 Å². The molecule has 1 radical (unpaired) electrons. The third-order valence-corrected chi connectivity index (χ3v) is 6.48. The number of halogens is 5. The fourth-order valence-electron chi connectivity index (χ4n) is 4.51. The Balaban J connectivity index is 0.000000630. The molecule has 39 heavy (non-hydrogen) atoms. The Labute approximate surface area is 248 Å². The summed E-state index contributed by atoms with van der Waals surface area (Å²) >= 11 is 0. The van der Waals surface area contributed by atoms with Crippen molar-refractivity contribution in [2.75, 3.05) is 43.1 Å². The fourth-order valence-corrected chi connectivity index (χ4v) is 4.51. The van der Waals surface area contributed by atoms with Crippen LogP contribution in [0.1, 0.15) is 35.5 Å². The first-order chi connectivity index (χ1) is 17.9. The van der Waals surface area contributed by atoms with Crippen LogP contribution >= 0.6 is 0 Å². The van der Waals surface area contributed by atoms with Gasteiger partial charge in [-0.15, -0.1) is 19.6 Å². The average Bonchev–Trinajstić information content (AvgIpc) is 3.36. The van der Waals surface area contributed by atoms with E-state index in [1.54, 1.807) is 30.9 Å². The van der Waals surface area contributed by atoms with E-state index in [-0.39, 0.29) is 72.9 Å². The van der Waals surface area contributed by atoms with Gasteiger partial charge in [0, 0.05) is 56.9 Å². The number of alkyl halides is 4. The van der Waals surface area contributed by atoms with Crippen LogP contribution in [-0.2, 0) is 45.9 Å². The molecule has 1 atom stereocenters. The molecule has 4 heterocycles. The van der Waals surface area contributed by atoms with Crippen LogP contribution in [0.3, 0.4) is 0 Å². The predicted octanol–water partition coefficient (Wildman–Crippen LogP) is 5.74. The van der Waals surface area contributed by atoms with E-state index in [1.165, 1.54) is 30.7 Å². The fraction of sp³-hybridized carbons (Fsp3) is 0.462. The van der Waals surface area contributed by atoms with Crippen LogP contribution in [0.15, 0.2) is 29.1 Å².